The molecule has 1 aromatic carbocycles. The summed E-state index contributed by atoms with van der Waals surface area (Å²) in [4.78, 5) is 25.2. The molecule has 3 aromatic rings. The lowest BCUT2D eigenvalue weighted by Gasteiger charge is -2.33. The van der Waals surface area contributed by atoms with Crippen molar-refractivity contribution in [3.63, 3.8) is 0 Å². The standard InChI is InChI=1S/C23H28N4O3S2/c1-15-7-8-16(2)19(13-15)32(29,30)27-11-9-26(10-12-27)14-20-24-22(28)21-17-5-3-4-6-18(17)31-23(21)25-20/h7-8,13H,3-6,9-12,14H2,1-2H3,(H,24,25,28). The average Bonchev–Trinajstić information content (AvgIpc) is 3.14. The minimum absolute atomic E-state index is 0.0412. The summed E-state index contributed by atoms with van der Waals surface area (Å²) < 4.78 is 27.9. The van der Waals surface area contributed by atoms with Crippen LogP contribution >= 0.6 is 11.3 Å². The Balaban J connectivity index is 1.30. The number of benzene rings is 1. The molecule has 0 spiro atoms. The quantitative estimate of drug-likeness (QED) is 0.631. The Morgan fingerprint density at radius 1 is 1.09 bits per heavy atom. The van der Waals surface area contributed by atoms with Crippen LogP contribution in [0.15, 0.2) is 27.9 Å². The highest BCUT2D eigenvalue weighted by Crippen LogP contribution is 2.33. The molecule has 170 valence electrons. The molecule has 0 unspecified atom stereocenters. The molecule has 1 fully saturated rings. The highest BCUT2D eigenvalue weighted by molar-refractivity contribution is 7.89. The number of piperazine rings is 1. The smallest absolute Gasteiger partial charge is 0.259 e. The molecular formula is C23H28N4O3S2. The summed E-state index contributed by atoms with van der Waals surface area (Å²) >= 11 is 1.66. The van der Waals surface area contributed by atoms with Crippen molar-refractivity contribution in [2.45, 2.75) is 51.0 Å². The van der Waals surface area contributed by atoms with Crippen LogP contribution in [0.25, 0.3) is 10.2 Å². The highest BCUT2D eigenvalue weighted by Gasteiger charge is 2.30. The molecule has 0 amide bonds. The van der Waals surface area contributed by atoms with Gasteiger partial charge in [-0.1, -0.05) is 12.1 Å². The largest absolute Gasteiger partial charge is 0.309 e. The lowest BCUT2D eigenvalue weighted by atomic mass is 9.97. The summed E-state index contributed by atoms with van der Waals surface area (Å²) in [6, 6.07) is 5.54. The Morgan fingerprint density at radius 2 is 1.84 bits per heavy atom. The third-order valence-corrected chi connectivity index (χ3v) is 9.77. The van der Waals surface area contributed by atoms with Crippen molar-refractivity contribution in [2.24, 2.45) is 0 Å². The van der Waals surface area contributed by atoms with Gasteiger partial charge in [-0.05, 0) is 62.3 Å². The van der Waals surface area contributed by atoms with E-state index in [9.17, 15) is 13.2 Å². The highest BCUT2D eigenvalue weighted by atomic mass is 32.2. The summed E-state index contributed by atoms with van der Waals surface area (Å²) in [6.07, 6.45) is 4.33. The summed E-state index contributed by atoms with van der Waals surface area (Å²) in [7, 11) is -3.51. The molecule has 9 heteroatoms. The topological polar surface area (TPSA) is 86.4 Å². The summed E-state index contributed by atoms with van der Waals surface area (Å²) in [5.74, 6) is 0.659. The number of thiophene rings is 1. The fourth-order valence-electron chi connectivity index (χ4n) is 4.75. The predicted octanol–water partition coefficient (Wildman–Crippen LogP) is 2.99. The van der Waals surface area contributed by atoms with Gasteiger partial charge in [-0.3, -0.25) is 9.69 Å². The molecule has 2 aliphatic rings. The molecule has 7 nitrogen and oxygen atoms in total. The first-order valence-electron chi connectivity index (χ1n) is 11.2. The van der Waals surface area contributed by atoms with E-state index in [0.29, 0.717) is 43.4 Å². The fourth-order valence-corrected chi connectivity index (χ4v) is 7.76. The molecule has 3 heterocycles. The minimum atomic E-state index is -3.51. The van der Waals surface area contributed by atoms with Crippen molar-refractivity contribution in [1.29, 1.82) is 0 Å². The molecule has 0 atom stereocenters. The number of hydrogen-bond acceptors (Lipinski definition) is 6. The monoisotopic (exact) mass is 472 g/mol. The van der Waals surface area contributed by atoms with Gasteiger partial charge in [-0.15, -0.1) is 11.3 Å². The summed E-state index contributed by atoms with van der Waals surface area (Å²) in [5, 5.41) is 0.776. The average molecular weight is 473 g/mol. The van der Waals surface area contributed by atoms with Crippen molar-refractivity contribution < 1.29 is 8.42 Å². The number of H-pyrrole nitrogens is 1. The van der Waals surface area contributed by atoms with Crippen LogP contribution in [0.2, 0.25) is 0 Å². The van der Waals surface area contributed by atoms with E-state index in [0.717, 1.165) is 40.6 Å². The molecule has 0 radical (unpaired) electrons. The van der Waals surface area contributed by atoms with Crippen LogP contribution in [-0.2, 0) is 29.4 Å². The van der Waals surface area contributed by atoms with Gasteiger partial charge in [0.2, 0.25) is 10.0 Å². The van der Waals surface area contributed by atoms with Gasteiger partial charge < -0.3 is 4.98 Å². The number of sulfonamides is 1. The number of rotatable bonds is 4. The lowest BCUT2D eigenvalue weighted by molar-refractivity contribution is 0.178. The molecule has 5 rings (SSSR count). The summed E-state index contributed by atoms with van der Waals surface area (Å²) in [6.45, 7) is 6.32. The molecule has 0 saturated carbocycles. The SMILES string of the molecule is Cc1ccc(C)c(S(=O)(=O)N2CCN(Cc3nc4sc5c(c4c(=O)[nH]3)CCCC5)CC2)c1. The molecule has 0 bridgehead atoms. The van der Waals surface area contributed by atoms with Gasteiger partial charge in [-0.25, -0.2) is 13.4 Å². The molecule has 1 aliphatic carbocycles. The van der Waals surface area contributed by atoms with Gasteiger partial charge >= 0.3 is 0 Å². The Morgan fingerprint density at radius 3 is 2.62 bits per heavy atom. The molecule has 1 N–H and O–H groups in total. The number of aryl methyl sites for hydroxylation is 4. The van der Waals surface area contributed by atoms with E-state index in [-0.39, 0.29) is 5.56 Å². The zero-order chi connectivity index (χ0) is 22.5. The first kappa shape index (κ1) is 21.8. The van der Waals surface area contributed by atoms with E-state index < -0.39 is 10.0 Å². The van der Waals surface area contributed by atoms with Crippen LogP contribution in [0.5, 0.6) is 0 Å². The van der Waals surface area contributed by atoms with E-state index in [2.05, 4.69) is 9.88 Å². The van der Waals surface area contributed by atoms with Crippen LogP contribution in [0.4, 0.5) is 0 Å². The van der Waals surface area contributed by atoms with Gasteiger partial charge in [0, 0.05) is 31.1 Å². The van der Waals surface area contributed by atoms with Crippen LogP contribution < -0.4 is 5.56 Å². The Labute approximate surface area is 192 Å². The Bertz CT molecular complexity index is 1340. The molecule has 32 heavy (non-hydrogen) atoms. The van der Waals surface area contributed by atoms with Gasteiger partial charge in [0.15, 0.2) is 0 Å². The zero-order valence-corrected chi connectivity index (χ0v) is 20.1. The second-order valence-corrected chi connectivity index (χ2v) is 11.8. The maximum atomic E-state index is 13.2. The minimum Gasteiger partial charge on any atom is -0.309 e. The van der Waals surface area contributed by atoms with Crippen LogP contribution in [-0.4, -0.2) is 53.8 Å². The lowest BCUT2D eigenvalue weighted by Crippen LogP contribution is -2.48. The number of nitrogens with zero attached hydrogens (tertiary/aromatic N) is 3. The van der Waals surface area contributed by atoms with E-state index in [4.69, 9.17) is 4.98 Å². The van der Waals surface area contributed by atoms with Crippen LogP contribution in [0, 0.1) is 13.8 Å². The Hall–Kier alpha value is -2.07. The van der Waals surface area contributed by atoms with Gasteiger partial charge in [0.05, 0.1) is 16.8 Å². The number of fused-ring (bicyclic) bond motifs is 3. The summed E-state index contributed by atoms with van der Waals surface area (Å²) in [5.41, 5.74) is 2.86. The van der Waals surface area contributed by atoms with Crippen LogP contribution in [0.3, 0.4) is 0 Å². The molecule has 2 aromatic heterocycles. The molecule has 1 aliphatic heterocycles. The zero-order valence-electron chi connectivity index (χ0n) is 18.5. The van der Waals surface area contributed by atoms with Crippen molar-refractivity contribution in [2.75, 3.05) is 26.2 Å². The first-order valence-corrected chi connectivity index (χ1v) is 13.4. The maximum Gasteiger partial charge on any atom is 0.259 e. The van der Waals surface area contributed by atoms with E-state index >= 15 is 0 Å². The molecule has 1 saturated heterocycles. The number of hydrogen-bond donors (Lipinski definition) is 1. The fraction of sp³-hybridized carbons (Fsp3) is 0.478. The van der Waals surface area contributed by atoms with E-state index in [1.807, 2.05) is 26.0 Å². The molecular weight excluding hydrogens is 444 g/mol. The van der Waals surface area contributed by atoms with Gasteiger partial charge in [-0.2, -0.15) is 4.31 Å². The van der Waals surface area contributed by atoms with Crippen LogP contribution in [0.1, 0.15) is 40.2 Å². The van der Waals surface area contributed by atoms with Crippen molar-refractivity contribution in [3.8, 4) is 0 Å². The number of aromatic nitrogens is 2. The second kappa shape index (κ2) is 8.37. The number of nitrogens with one attached hydrogen (secondary N) is 1. The van der Waals surface area contributed by atoms with Crippen molar-refractivity contribution in [1.82, 2.24) is 19.2 Å². The Kier molecular flexibility index (Phi) is 5.69. The number of aromatic amines is 1. The predicted molar refractivity (Wildman–Crippen MR) is 127 cm³/mol. The van der Waals surface area contributed by atoms with Gasteiger partial charge in [0.1, 0.15) is 10.7 Å². The van der Waals surface area contributed by atoms with Crippen molar-refractivity contribution >= 4 is 31.6 Å². The van der Waals surface area contributed by atoms with E-state index in [1.165, 1.54) is 16.9 Å². The normalized spacial score (nSPS) is 18.2. The third kappa shape index (κ3) is 3.91. The van der Waals surface area contributed by atoms with Gasteiger partial charge in [0.25, 0.3) is 5.56 Å². The third-order valence-electron chi connectivity index (χ3n) is 6.54. The second-order valence-electron chi connectivity index (χ2n) is 8.85. The first-order chi connectivity index (χ1) is 15.3. The van der Waals surface area contributed by atoms with E-state index in [1.54, 1.807) is 21.7 Å². The maximum absolute atomic E-state index is 13.2. The van der Waals surface area contributed by atoms with Crippen molar-refractivity contribution in [3.05, 3.63) is 55.9 Å².